The van der Waals surface area contributed by atoms with Gasteiger partial charge in [-0.1, -0.05) is 56.3 Å². The van der Waals surface area contributed by atoms with Gasteiger partial charge in [0.05, 0.1) is 20.3 Å². The van der Waals surface area contributed by atoms with Crippen LogP contribution >= 0.6 is 0 Å². The summed E-state index contributed by atoms with van der Waals surface area (Å²) in [5.41, 5.74) is 1.84. The van der Waals surface area contributed by atoms with Crippen LogP contribution in [0.15, 0.2) is 60.7 Å². The van der Waals surface area contributed by atoms with Crippen molar-refractivity contribution in [3.8, 4) is 11.5 Å². The zero-order valence-electron chi connectivity index (χ0n) is 27.0. The van der Waals surface area contributed by atoms with Crippen LogP contribution in [0, 0.1) is 11.8 Å². The lowest BCUT2D eigenvalue weighted by molar-refractivity contribution is -0.135. The first kappa shape index (κ1) is 35.1. The average molecular weight is 622 g/mol. The molecule has 0 fully saturated rings. The van der Waals surface area contributed by atoms with E-state index in [9.17, 15) is 19.2 Å². The molecule has 1 heterocycles. The minimum Gasteiger partial charge on any atom is -0.497 e. The molecule has 0 aromatic heterocycles. The SMILES string of the molecule is COc1ccc(CN(C)C(=O)C2C/C=C/CCC(Cc3ccccc3)OC(=O)N[C@@H](CC(C)C)C(=O)N[C@H](C=O)C2)c(OC)c1. The molecule has 0 saturated carbocycles. The third kappa shape index (κ3) is 11.3. The summed E-state index contributed by atoms with van der Waals surface area (Å²) in [7, 11) is 4.84. The number of cyclic esters (lactones) is 1. The number of amides is 3. The molecule has 10 heteroatoms. The smallest absolute Gasteiger partial charge is 0.408 e. The van der Waals surface area contributed by atoms with Crippen molar-refractivity contribution in [1.29, 1.82) is 0 Å². The molecule has 0 aliphatic carbocycles. The molecule has 1 aliphatic rings. The topological polar surface area (TPSA) is 123 Å². The molecule has 2 unspecified atom stereocenters. The van der Waals surface area contributed by atoms with Gasteiger partial charge < -0.3 is 34.5 Å². The molecule has 0 saturated heterocycles. The highest BCUT2D eigenvalue weighted by Crippen LogP contribution is 2.27. The van der Waals surface area contributed by atoms with Gasteiger partial charge in [-0.3, -0.25) is 9.59 Å². The summed E-state index contributed by atoms with van der Waals surface area (Å²) < 4.78 is 16.6. The van der Waals surface area contributed by atoms with E-state index in [2.05, 4.69) is 10.6 Å². The molecule has 3 rings (SSSR count). The van der Waals surface area contributed by atoms with E-state index >= 15 is 0 Å². The fraction of sp³-hybridized carbons (Fsp3) is 0.486. The molecule has 0 spiro atoms. The lowest BCUT2D eigenvalue weighted by Gasteiger charge is -2.27. The Kier molecular flexibility index (Phi) is 13.9. The van der Waals surface area contributed by atoms with E-state index in [-0.39, 0.29) is 24.8 Å². The number of nitrogens with one attached hydrogen (secondary N) is 2. The predicted octanol–water partition coefficient (Wildman–Crippen LogP) is 4.84. The highest BCUT2D eigenvalue weighted by Gasteiger charge is 2.30. The van der Waals surface area contributed by atoms with Crippen LogP contribution in [0.1, 0.15) is 57.1 Å². The van der Waals surface area contributed by atoms with Crippen LogP contribution in [0.25, 0.3) is 0 Å². The van der Waals surface area contributed by atoms with Crippen LogP contribution < -0.4 is 20.1 Å². The Labute approximate surface area is 266 Å². The predicted molar refractivity (Wildman–Crippen MR) is 172 cm³/mol. The van der Waals surface area contributed by atoms with Gasteiger partial charge in [0.1, 0.15) is 29.9 Å². The number of alkyl carbamates (subject to hydrolysis) is 1. The number of hydrogen-bond acceptors (Lipinski definition) is 7. The molecule has 45 heavy (non-hydrogen) atoms. The third-order valence-electron chi connectivity index (χ3n) is 7.80. The minimum atomic E-state index is -0.924. The largest absolute Gasteiger partial charge is 0.497 e. The monoisotopic (exact) mass is 621 g/mol. The zero-order valence-corrected chi connectivity index (χ0v) is 27.0. The van der Waals surface area contributed by atoms with E-state index in [1.54, 1.807) is 32.2 Å². The minimum absolute atomic E-state index is 0.0834. The Morgan fingerprint density at radius 3 is 2.49 bits per heavy atom. The van der Waals surface area contributed by atoms with Gasteiger partial charge in [-0.2, -0.15) is 0 Å². The molecular weight excluding hydrogens is 574 g/mol. The Hall–Kier alpha value is -4.34. The molecule has 2 aromatic carbocycles. The van der Waals surface area contributed by atoms with E-state index < -0.39 is 36.1 Å². The van der Waals surface area contributed by atoms with Crippen molar-refractivity contribution in [1.82, 2.24) is 15.5 Å². The number of methoxy groups -OCH3 is 2. The lowest BCUT2D eigenvalue weighted by atomic mass is 9.94. The molecule has 2 N–H and O–H groups in total. The van der Waals surface area contributed by atoms with Gasteiger partial charge in [0, 0.05) is 37.6 Å². The van der Waals surface area contributed by atoms with Crippen LogP contribution in [-0.4, -0.2) is 68.5 Å². The molecule has 4 atom stereocenters. The van der Waals surface area contributed by atoms with Crippen molar-refractivity contribution in [2.75, 3.05) is 21.3 Å². The zero-order chi connectivity index (χ0) is 32.8. The Bertz CT molecular complexity index is 1300. The Balaban J connectivity index is 1.84. The summed E-state index contributed by atoms with van der Waals surface area (Å²) in [5, 5.41) is 5.48. The van der Waals surface area contributed by atoms with Crippen molar-refractivity contribution < 1.29 is 33.4 Å². The van der Waals surface area contributed by atoms with Crippen molar-refractivity contribution >= 4 is 24.2 Å². The van der Waals surface area contributed by atoms with Gasteiger partial charge >= 0.3 is 6.09 Å². The second kappa shape index (κ2) is 17.8. The molecule has 2 aromatic rings. The van der Waals surface area contributed by atoms with Crippen LogP contribution in [0.4, 0.5) is 4.79 Å². The molecule has 0 bridgehead atoms. The highest BCUT2D eigenvalue weighted by molar-refractivity contribution is 5.88. The standard InChI is InChI=1S/C35H47N3O7/c1-24(2)18-31-33(40)36-28(23-39)20-26(34(41)38(3)22-27-16-17-29(43-4)21-32(27)44-5)14-10-7-11-15-30(45-35(42)37-31)19-25-12-8-6-9-13-25/h6-10,12-13,16-17,21,23-24,26,28,30-31H,11,14-15,18-20,22H2,1-5H3,(H,36,40)(H,37,42)/b10-7+/t26?,28-,30?,31-/m0/s1. The number of hydrogen-bond donors (Lipinski definition) is 2. The number of benzene rings is 2. The number of allylic oxidation sites excluding steroid dienone is 2. The summed E-state index contributed by atoms with van der Waals surface area (Å²) in [6, 6.07) is 13.4. The number of carbonyl (C=O) groups is 4. The third-order valence-corrected chi connectivity index (χ3v) is 7.80. The number of ether oxygens (including phenoxy) is 3. The fourth-order valence-electron chi connectivity index (χ4n) is 5.43. The van der Waals surface area contributed by atoms with Crippen LogP contribution in [-0.2, 0) is 32.1 Å². The van der Waals surface area contributed by atoms with Gasteiger partial charge in [0.2, 0.25) is 11.8 Å². The van der Waals surface area contributed by atoms with E-state index in [4.69, 9.17) is 14.2 Å². The summed E-state index contributed by atoms with van der Waals surface area (Å²) >= 11 is 0. The summed E-state index contributed by atoms with van der Waals surface area (Å²) in [6.07, 6.45) is 5.99. The summed E-state index contributed by atoms with van der Waals surface area (Å²) in [4.78, 5) is 53.9. The average Bonchev–Trinajstić information content (AvgIpc) is 3.02. The highest BCUT2D eigenvalue weighted by atomic mass is 16.6. The maximum absolute atomic E-state index is 13.8. The lowest BCUT2D eigenvalue weighted by Crippen LogP contribution is -2.51. The maximum Gasteiger partial charge on any atom is 0.408 e. The second-order valence-electron chi connectivity index (χ2n) is 11.9. The van der Waals surface area contributed by atoms with Crippen LogP contribution in [0.3, 0.4) is 0 Å². The van der Waals surface area contributed by atoms with Gasteiger partial charge in [0.25, 0.3) is 0 Å². The summed E-state index contributed by atoms with van der Waals surface area (Å²) in [6.45, 7) is 4.17. The van der Waals surface area contributed by atoms with E-state index in [1.165, 1.54) is 0 Å². The van der Waals surface area contributed by atoms with Gasteiger partial charge in [-0.15, -0.1) is 0 Å². The quantitative estimate of drug-likeness (QED) is 0.287. The summed E-state index contributed by atoms with van der Waals surface area (Å²) in [5.74, 6) is 0.0836. The van der Waals surface area contributed by atoms with Gasteiger partial charge in [-0.05, 0) is 55.7 Å². The van der Waals surface area contributed by atoms with Crippen LogP contribution in [0.5, 0.6) is 11.5 Å². The molecule has 10 nitrogen and oxygen atoms in total. The molecule has 0 radical (unpaired) electrons. The second-order valence-corrected chi connectivity index (χ2v) is 11.9. The van der Waals surface area contributed by atoms with E-state index in [0.717, 1.165) is 11.1 Å². The van der Waals surface area contributed by atoms with Crippen LogP contribution in [0.2, 0.25) is 0 Å². The number of nitrogens with zero attached hydrogens (tertiary/aromatic N) is 1. The number of rotatable bonds is 10. The van der Waals surface area contributed by atoms with Crippen molar-refractivity contribution in [3.63, 3.8) is 0 Å². The first-order valence-corrected chi connectivity index (χ1v) is 15.5. The van der Waals surface area contributed by atoms with Crippen molar-refractivity contribution in [2.24, 2.45) is 11.8 Å². The first-order valence-electron chi connectivity index (χ1n) is 15.5. The van der Waals surface area contributed by atoms with E-state index in [0.29, 0.717) is 49.9 Å². The molecule has 244 valence electrons. The normalized spacial score (nSPS) is 22.1. The Morgan fingerprint density at radius 1 is 1.07 bits per heavy atom. The number of aldehydes is 1. The Morgan fingerprint density at radius 2 is 1.82 bits per heavy atom. The first-order chi connectivity index (χ1) is 21.6. The van der Waals surface area contributed by atoms with E-state index in [1.807, 2.05) is 68.5 Å². The number of carbonyl (C=O) groups excluding carboxylic acids is 4. The molecular formula is C35H47N3O7. The fourth-order valence-corrected chi connectivity index (χ4v) is 5.43. The molecule has 1 aliphatic heterocycles. The maximum atomic E-state index is 13.8. The van der Waals surface area contributed by atoms with Gasteiger partial charge in [-0.25, -0.2) is 4.79 Å². The van der Waals surface area contributed by atoms with Gasteiger partial charge in [0.15, 0.2) is 0 Å². The van der Waals surface area contributed by atoms with Crippen molar-refractivity contribution in [2.45, 2.75) is 77.1 Å². The molecule has 3 amide bonds. The van der Waals surface area contributed by atoms with Crippen molar-refractivity contribution in [3.05, 3.63) is 71.8 Å².